The van der Waals surface area contributed by atoms with E-state index in [0.29, 0.717) is 11.1 Å². The summed E-state index contributed by atoms with van der Waals surface area (Å²) in [5, 5.41) is 3.12. The van der Waals surface area contributed by atoms with Crippen LogP contribution in [0.1, 0.15) is 41.5 Å². The van der Waals surface area contributed by atoms with Crippen LogP contribution in [0.2, 0.25) is 11.1 Å². The van der Waals surface area contributed by atoms with E-state index in [-0.39, 0.29) is 0 Å². The average molecular weight is 347 g/mol. The molecule has 2 aromatic carbocycles. The van der Waals surface area contributed by atoms with Crippen molar-refractivity contribution in [3.63, 3.8) is 0 Å². The Hall–Kier alpha value is -1.86. The Morgan fingerprint density at radius 1 is 0.640 bits per heavy atom. The fraction of sp³-hybridized carbons (Fsp3) is 0.333. The van der Waals surface area contributed by atoms with E-state index in [1.165, 1.54) is 11.1 Å². The predicted molar refractivity (Wildman–Crippen MR) is 114 cm³/mol. The Kier molecular flexibility index (Phi) is 4.88. The molecule has 0 saturated heterocycles. The van der Waals surface area contributed by atoms with E-state index in [9.17, 15) is 0 Å². The minimum atomic E-state index is -2.02. The molecule has 0 N–H and O–H groups in total. The summed E-state index contributed by atoms with van der Waals surface area (Å²) in [5.74, 6) is 0. The molecule has 0 amide bonds. The van der Waals surface area contributed by atoms with Crippen LogP contribution in [0, 0.1) is 0 Å². The van der Waals surface area contributed by atoms with Crippen LogP contribution >= 0.6 is 0 Å². The average Bonchev–Trinajstić information content (AvgIpc) is 2.82. The van der Waals surface area contributed by atoms with Gasteiger partial charge in [0.2, 0.25) is 0 Å². The lowest BCUT2D eigenvalue weighted by atomic mass is 10.1. The number of hydrogen-bond acceptors (Lipinski definition) is 0. The van der Waals surface area contributed by atoms with E-state index in [2.05, 4.69) is 102 Å². The fourth-order valence-corrected chi connectivity index (χ4v) is 11.2. The summed E-state index contributed by atoms with van der Waals surface area (Å²) in [4.78, 5) is 0. The Balaban J connectivity index is 2.38. The molecule has 25 heavy (non-hydrogen) atoms. The van der Waals surface area contributed by atoms with Gasteiger partial charge in [0.1, 0.15) is 8.07 Å². The van der Waals surface area contributed by atoms with Crippen LogP contribution in [0.25, 0.3) is 0 Å². The molecule has 0 heterocycles. The van der Waals surface area contributed by atoms with Crippen molar-refractivity contribution in [2.75, 3.05) is 0 Å². The van der Waals surface area contributed by atoms with E-state index in [4.69, 9.17) is 0 Å². The maximum atomic E-state index is 2.44. The van der Waals surface area contributed by atoms with Crippen LogP contribution in [0.15, 0.2) is 83.0 Å². The largest absolute Gasteiger partial charge is 0.131 e. The van der Waals surface area contributed by atoms with Gasteiger partial charge in [0, 0.05) is 5.54 Å². The SMILES string of the molecule is CC1=C(C)C([Si](c2ccccc2)(c2ccccc2)C(C)C)C(C)=C1C. The number of benzene rings is 2. The molecular formula is C24H30Si. The standard InChI is InChI=1S/C24H30Si/c1-17(2)25(22-13-9-7-10-14-22,23-15-11-8-12-16-23)24-20(5)18(3)19(4)21(24)6/h7-17,24H,1-6H3. The van der Waals surface area contributed by atoms with E-state index in [0.717, 1.165) is 0 Å². The molecule has 130 valence electrons. The molecule has 0 aliphatic heterocycles. The molecule has 0 bridgehead atoms. The van der Waals surface area contributed by atoms with Gasteiger partial charge in [0.05, 0.1) is 0 Å². The summed E-state index contributed by atoms with van der Waals surface area (Å²) in [6.45, 7) is 14.2. The van der Waals surface area contributed by atoms with Crippen molar-refractivity contribution in [2.45, 2.75) is 52.6 Å². The van der Waals surface area contributed by atoms with Gasteiger partial charge < -0.3 is 0 Å². The van der Waals surface area contributed by atoms with Crippen LogP contribution in [0.4, 0.5) is 0 Å². The first kappa shape index (κ1) is 17.9. The monoisotopic (exact) mass is 346 g/mol. The third kappa shape index (κ3) is 2.66. The zero-order valence-corrected chi connectivity index (χ0v) is 17.4. The maximum Gasteiger partial charge on any atom is 0.131 e. The van der Waals surface area contributed by atoms with E-state index >= 15 is 0 Å². The molecule has 0 radical (unpaired) electrons. The Bertz CT molecular complexity index is 746. The second-order valence-electron chi connectivity index (χ2n) is 7.80. The van der Waals surface area contributed by atoms with Gasteiger partial charge in [-0.2, -0.15) is 0 Å². The number of allylic oxidation sites excluding steroid dienone is 4. The molecule has 0 aromatic heterocycles. The highest BCUT2D eigenvalue weighted by Crippen LogP contribution is 2.49. The predicted octanol–water partition coefficient (Wildman–Crippen LogP) is 5.72. The molecule has 1 aliphatic rings. The number of rotatable bonds is 4. The smallest absolute Gasteiger partial charge is 0.0650 e. The minimum absolute atomic E-state index is 0.553. The third-order valence-electron chi connectivity index (χ3n) is 6.48. The van der Waals surface area contributed by atoms with Gasteiger partial charge in [-0.1, -0.05) is 96.0 Å². The lowest BCUT2D eigenvalue weighted by molar-refractivity contribution is 0.958. The lowest BCUT2D eigenvalue weighted by Crippen LogP contribution is -2.64. The molecule has 3 rings (SSSR count). The van der Waals surface area contributed by atoms with E-state index in [1.807, 2.05) is 0 Å². The summed E-state index contributed by atoms with van der Waals surface area (Å²) in [5.41, 5.74) is 7.35. The van der Waals surface area contributed by atoms with Crippen molar-refractivity contribution < 1.29 is 0 Å². The molecule has 0 saturated carbocycles. The first-order chi connectivity index (χ1) is 11.9. The lowest BCUT2D eigenvalue weighted by Gasteiger charge is -2.43. The van der Waals surface area contributed by atoms with E-state index in [1.54, 1.807) is 21.5 Å². The van der Waals surface area contributed by atoms with Crippen LogP contribution in [0.5, 0.6) is 0 Å². The van der Waals surface area contributed by atoms with Crippen LogP contribution in [0.3, 0.4) is 0 Å². The van der Waals surface area contributed by atoms with Gasteiger partial charge in [-0.15, -0.1) is 0 Å². The molecule has 2 aromatic rings. The summed E-state index contributed by atoms with van der Waals surface area (Å²) in [7, 11) is -2.02. The molecule has 0 nitrogen and oxygen atoms in total. The summed E-state index contributed by atoms with van der Waals surface area (Å²) in [6, 6.07) is 22.7. The zero-order chi connectivity index (χ0) is 18.2. The van der Waals surface area contributed by atoms with Gasteiger partial charge in [-0.25, -0.2) is 0 Å². The van der Waals surface area contributed by atoms with Gasteiger partial charge in [-0.3, -0.25) is 0 Å². The van der Waals surface area contributed by atoms with Crippen molar-refractivity contribution in [1.82, 2.24) is 0 Å². The molecule has 0 unspecified atom stereocenters. The van der Waals surface area contributed by atoms with Crippen LogP contribution in [-0.4, -0.2) is 8.07 Å². The summed E-state index contributed by atoms with van der Waals surface area (Å²) in [6.07, 6.45) is 0. The summed E-state index contributed by atoms with van der Waals surface area (Å²) < 4.78 is 0. The van der Waals surface area contributed by atoms with Crippen molar-refractivity contribution in [3.8, 4) is 0 Å². The van der Waals surface area contributed by atoms with Gasteiger partial charge in [0.15, 0.2) is 0 Å². The molecule has 1 heteroatoms. The van der Waals surface area contributed by atoms with Crippen molar-refractivity contribution in [3.05, 3.63) is 83.0 Å². The highest BCUT2D eigenvalue weighted by molar-refractivity contribution is 7.05. The molecule has 0 spiro atoms. The highest BCUT2D eigenvalue weighted by Gasteiger charge is 2.50. The molecular weight excluding hydrogens is 316 g/mol. The topological polar surface area (TPSA) is 0 Å². The number of hydrogen-bond donors (Lipinski definition) is 0. The Morgan fingerprint density at radius 2 is 1.00 bits per heavy atom. The second kappa shape index (κ2) is 6.80. The molecule has 0 fully saturated rings. The maximum absolute atomic E-state index is 2.44. The van der Waals surface area contributed by atoms with Gasteiger partial charge in [0.25, 0.3) is 0 Å². The molecule has 0 atom stereocenters. The summed E-state index contributed by atoms with van der Waals surface area (Å²) >= 11 is 0. The minimum Gasteiger partial charge on any atom is -0.0650 e. The van der Waals surface area contributed by atoms with Crippen LogP contribution < -0.4 is 10.4 Å². The Labute approximate surface area is 154 Å². The first-order valence-electron chi connectivity index (χ1n) is 9.38. The van der Waals surface area contributed by atoms with Crippen molar-refractivity contribution >= 4 is 18.4 Å². The molecule has 1 aliphatic carbocycles. The second-order valence-corrected chi connectivity index (χ2v) is 12.4. The van der Waals surface area contributed by atoms with Crippen molar-refractivity contribution in [1.29, 1.82) is 0 Å². The highest BCUT2D eigenvalue weighted by atomic mass is 28.3. The van der Waals surface area contributed by atoms with Gasteiger partial charge >= 0.3 is 0 Å². The normalized spacial score (nSPS) is 16.3. The Morgan fingerprint density at radius 3 is 1.32 bits per heavy atom. The first-order valence-corrected chi connectivity index (χ1v) is 11.5. The van der Waals surface area contributed by atoms with Gasteiger partial charge in [-0.05, 0) is 44.4 Å². The zero-order valence-electron chi connectivity index (χ0n) is 16.4. The van der Waals surface area contributed by atoms with E-state index < -0.39 is 8.07 Å². The third-order valence-corrected chi connectivity index (χ3v) is 12.7. The van der Waals surface area contributed by atoms with Crippen molar-refractivity contribution in [2.24, 2.45) is 0 Å². The van der Waals surface area contributed by atoms with Crippen LogP contribution in [-0.2, 0) is 0 Å². The quantitative estimate of drug-likeness (QED) is 0.621. The fourth-order valence-electron chi connectivity index (χ4n) is 4.96.